The van der Waals surface area contributed by atoms with Crippen molar-refractivity contribution < 1.29 is 18.0 Å². The van der Waals surface area contributed by atoms with Crippen molar-refractivity contribution in [3.05, 3.63) is 54.1 Å². The van der Waals surface area contributed by atoms with Gasteiger partial charge in [0.25, 0.3) is 5.91 Å². The summed E-state index contributed by atoms with van der Waals surface area (Å²) in [4.78, 5) is 26.6. The minimum atomic E-state index is -3.50. The van der Waals surface area contributed by atoms with Crippen LogP contribution in [-0.2, 0) is 14.8 Å². The Morgan fingerprint density at radius 3 is 2.55 bits per heavy atom. The lowest BCUT2D eigenvalue weighted by atomic mass is 10.1. The third-order valence-electron chi connectivity index (χ3n) is 4.60. The van der Waals surface area contributed by atoms with E-state index in [1.165, 1.54) is 30.9 Å². The topological polar surface area (TPSA) is 104 Å². The quantitative estimate of drug-likeness (QED) is 0.648. The molecule has 0 bridgehead atoms. The van der Waals surface area contributed by atoms with Crippen molar-refractivity contribution >= 4 is 33.6 Å². The molecule has 0 spiro atoms. The molecule has 2 amide bonds. The van der Waals surface area contributed by atoms with Gasteiger partial charge in [-0.25, -0.2) is 13.1 Å². The Kier molecular flexibility index (Phi) is 6.94. The molecular weight excluding hydrogens is 410 g/mol. The van der Waals surface area contributed by atoms with E-state index in [-0.39, 0.29) is 16.7 Å². The number of benzene rings is 2. The van der Waals surface area contributed by atoms with Gasteiger partial charge in [0.1, 0.15) is 6.04 Å². The number of carbonyl (C=O) groups excluding carboxylic acids is 2. The molecule has 1 atom stereocenters. The molecular formula is C20H23N3O4S2. The SMILES string of the molecule is CNS(=O)(=O)c1ccc(Sc2ccccc2C(=O)N[C@H]2CCCCNC2=O)cc1. The van der Waals surface area contributed by atoms with Gasteiger partial charge in [-0.3, -0.25) is 9.59 Å². The zero-order valence-electron chi connectivity index (χ0n) is 16.0. The second kappa shape index (κ2) is 9.43. The average molecular weight is 434 g/mol. The normalized spacial score (nSPS) is 17.3. The summed E-state index contributed by atoms with van der Waals surface area (Å²) < 4.78 is 26.0. The Morgan fingerprint density at radius 2 is 1.83 bits per heavy atom. The molecule has 1 saturated heterocycles. The van der Waals surface area contributed by atoms with Crippen molar-refractivity contribution in [1.82, 2.24) is 15.4 Å². The fourth-order valence-electron chi connectivity index (χ4n) is 2.99. The van der Waals surface area contributed by atoms with E-state index in [0.29, 0.717) is 18.5 Å². The fraction of sp³-hybridized carbons (Fsp3) is 0.300. The first-order valence-corrected chi connectivity index (χ1v) is 11.6. The third kappa shape index (κ3) is 5.37. The summed E-state index contributed by atoms with van der Waals surface area (Å²) in [6, 6.07) is 13.0. The highest BCUT2D eigenvalue weighted by molar-refractivity contribution is 7.99. The lowest BCUT2D eigenvalue weighted by Crippen LogP contribution is -2.45. The molecule has 2 aromatic rings. The van der Waals surface area contributed by atoms with Gasteiger partial charge in [-0.1, -0.05) is 23.9 Å². The fourth-order valence-corrected chi connectivity index (χ4v) is 4.66. The molecule has 1 aliphatic rings. The highest BCUT2D eigenvalue weighted by Crippen LogP contribution is 2.31. The van der Waals surface area contributed by atoms with Crippen molar-refractivity contribution in [2.24, 2.45) is 0 Å². The summed E-state index contributed by atoms with van der Waals surface area (Å²) in [7, 11) is -2.13. The highest BCUT2D eigenvalue weighted by atomic mass is 32.2. The van der Waals surface area contributed by atoms with Gasteiger partial charge in [-0.05, 0) is 62.7 Å². The summed E-state index contributed by atoms with van der Waals surface area (Å²) >= 11 is 1.36. The van der Waals surface area contributed by atoms with Gasteiger partial charge in [-0.15, -0.1) is 0 Å². The smallest absolute Gasteiger partial charge is 0.253 e. The van der Waals surface area contributed by atoms with Crippen molar-refractivity contribution in [3.63, 3.8) is 0 Å². The van der Waals surface area contributed by atoms with Crippen LogP contribution in [0.15, 0.2) is 63.2 Å². The molecule has 7 nitrogen and oxygen atoms in total. The number of hydrogen-bond donors (Lipinski definition) is 3. The monoisotopic (exact) mass is 433 g/mol. The Morgan fingerprint density at radius 1 is 1.10 bits per heavy atom. The molecule has 1 heterocycles. The van der Waals surface area contributed by atoms with Gasteiger partial charge < -0.3 is 10.6 Å². The first kappa shape index (κ1) is 21.4. The van der Waals surface area contributed by atoms with Crippen LogP contribution in [0, 0.1) is 0 Å². The molecule has 0 unspecified atom stereocenters. The van der Waals surface area contributed by atoms with E-state index in [1.54, 1.807) is 24.3 Å². The van der Waals surface area contributed by atoms with Crippen molar-refractivity contribution in [1.29, 1.82) is 0 Å². The van der Waals surface area contributed by atoms with Gasteiger partial charge in [0.05, 0.1) is 10.5 Å². The molecule has 29 heavy (non-hydrogen) atoms. The maximum Gasteiger partial charge on any atom is 0.253 e. The summed E-state index contributed by atoms with van der Waals surface area (Å²) in [5.41, 5.74) is 0.474. The molecule has 9 heteroatoms. The van der Waals surface area contributed by atoms with Crippen molar-refractivity contribution in [2.75, 3.05) is 13.6 Å². The zero-order chi connectivity index (χ0) is 20.9. The van der Waals surface area contributed by atoms with Crippen LogP contribution in [0.3, 0.4) is 0 Å². The van der Waals surface area contributed by atoms with Gasteiger partial charge in [0.2, 0.25) is 15.9 Å². The second-order valence-electron chi connectivity index (χ2n) is 6.59. The van der Waals surface area contributed by atoms with E-state index >= 15 is 0 Å². The Balaban J connectivity index is 1.76. The van der Waals surface area contributed by atoms with Gasteiger partial charge in [0, 0.05) is 16.3 Å². The van der Waals surface area contributed by atoms with Gasteiger partial charge >= 0.3 is 0 Å². The summed E-state index contributed by atoms with van der Waals surface area (Å²) in [5.74, 6) is -0.452. The minimum Gasteiger partial charge on any atom is -0.354 e. The molecule has 3 N–H and O–H groups in total. The predicted octanol–water partition coefficient (Wildman–Crippen LogP) is 2.14. The van der Waals surface area contributed by atoms with Crippen LogP contribution in [0.2, 0.25) is 0 Å². The number of sulfonamides is 1. The molecule has 0 saturated carbocycles. The van der Waals surface area contributed by atoms with E-state index in [2.05, 4.69) is 15.4 Å². The van der Waals surface area contributed by atoms with E-state index in [1.807, 2.05) is 12.1 Å². The first-order valence-electron chi connectivity index (χ1n) is 9.30. The molecule has 154 valence electrons. The van der Waals surface area contributed by atoms with Crippen LogP contribution < -0.4 is 15.4 Å². The molecule has 3 rings (SSSR count). The van der Waals surface area contributed by atoms with Gasteiger partial charge in [-0.2, -0.15) is 0 Å². The van der Waals surface area contributed by atoms with E-state index in [9.17, 15) is 18.0 Å². The number of carbonyl (C=O) groups is 2. The molecule has 0 aromatic heterocycles. The largest absolute Gasteiger partial charge is 0.354 e. The van der Waals surface area contributed by atoms with Crippen LogP contribution in [-0.4, -0.2) is 39.9 Å². The minimum absolute atomic E-state index is 0.151. The molecule has 0 radical (unpaired) electrons. The number of rotatable bonds is 6. The zero-order valence-corrected chi connectivity index (χ0v) is 17.6. The Hall–Kier alpha value is -2.36. The highest BCUT2D eigenvalue weighted by Gasteiger charge is 2.24. The van der Waals surface area contributed by atoms with Crippen LogP contribution in [0.25, 0.3) is 0 Å². The molecule has 1 aliphatic heterocycles. The van der Waals surface area contributed by atoms with Crippen LogP contribution in [0.4, 0.5) is 0 Å². The molecule has 0 aliphatic carbocycles. The van der Waals surface area contributed by atoms with Gasteiger partial charge in [0.15, 0.2) is 0 Å². The maximum atomic E-state index is 12.8. The van der Waals surface area contributed by atoms with Crippen LogP contribution in [0.1, 0.15) is 29.6 Å². The van der Waals surface area contributed by atoms with E-state index in [4.69, 9.17) is 0 Å². The lowest BCUT2D eigenvalue weighted by molar-refractivity contribution is -0.122. The maximum absolute atomic E-state index is 12.8. The third-order valence-corrected chi connectivity index (χ3v) is 7.12. The van der Waals surface area contributed by atoms with E-state index < -0.39 is 16.1 Å². The predicted molar refractivity (Wildman–Crippen MR) is 111 cm³/mol. The number of amides is 2. The molecule has 2 aromatic carbocycles. The number of nitrogens with one attached hydrogen (secondary N) is 3. The average Bonchev–Trinajstić information content (AvgIpc) is 2.93. The first-order chi connectivity index (χ1) is 13.9. The van der Waals surface area contributed by atoms with Crippen LogP contribution in [0.5, 0.6) is 0 Å². The number of hydrogen-bond acceptors (Lipinski definition) is 5. The molecule has 1 fully saturated rings. The second-order valence-corrected chi connectivity index (χ2v) is 9.59. The van der Waals surface area contributed by atoms with Crippen molar-refractivity contribution in [2.45, 2.75) is 40.0 Å². The summed E-state index contributed by atoms with van der Waals surface area (Å²) in [6.45, 7) is 0.636. The Bertz CT molecular complexity index is 991. The van der Waals surface area contributed by atoms with Crippen molar-refractivity contribution in [3.8, 4) is 0 Å². The standard InChI is InChI=1S/C20H23N3O4S2/c1-21-29(26,27)15-11-9-14(10-12-15)28-18-8-3-2-6-16(18)19(24)23-17-7-4-5-13-22-20(17)25/h2-3,6,8-12,17,21H,4-5,7,13H2,1H3,(H,22,25)(H,23,24)/t17-/m0/s1. The summed E-state index contributed by atoms with van der Waals surface area (Å²) in [5, 5.41) is 5.65. The van der Waals surface area contributed by atoms with Crippen LogP contribution >= 0.6 is 11.8 Å². The Labute approximate surface area is 174 Å². The van der Waals surface area contributed by atoms with E-state index in [0.717, 1.165) is 22.6 Å². The summed E-state index contributed by atoms with van der Waals surface area (Å²) in [6.07, 6.45) is 2.40. The lowest BCUT2D eigenvalue weighted by Gasteiger charge is -2.16.